The first-order valence-corrected chi connectivity index (χ1v) is 6.82. The second-order valence-corrected chi connectivity index (χ2v) is 4.90. The van der Waals surface area contributed by atoms with Gasteiger partial charge in [0.25, 0.3) is 0 Å². The van der Waals surface area contributed by atoms with Crippen molar-refractivity contribution in [3.63, 3.8) is 0 Å². The van der Waals surface area contributed by atoms with Gasteiger partial charge >= 0.3 is 5.97 Å². The Labute approximate surface area is 114 Å². The topological polar surface area (TPSA) is 29.5 Å². The molecule has 0 bridgehead atoms. The first-order chi connectivity index (χ1) is 9.22. The summed E-state index contributed by atoms with van der Waals surface area (Å²) in [6.45, 7) is 3.19. The molecule has 0 saturated carbocycles. The Morgan fingerprint density at radius 2 is 2.05 bits per heavy atom. The summed E-state index contributed by atoms with van der Waals surface area (Å²) in [5.41, 5.74) is 2.37. The zero-order valence-electron chi connectivity index (χ0n) is 11.6. The van der Waals surface area contributed by atoms with Gasteiger partial charge in [-0.25, -0.2) is 4.79 Å². The summed E-state index contributed by atoms with van der Waals surface area (Å²) in [6, 6.07) is 10.7. The van der Waals surface area contributed by atoms with Crippen molar-refractivity contribution in [3.8, 4) is 0 Å². The van der Waals surface area contributed by atoms with Crippen molar-refractivity contribution in [1.29, 1.82) is 0 Å². The van der Waals surface area contributed by atoms with Gasteiger partial charge in [-0.3, -0.25) is 0 Å². The van der Waals surface area contributed by atoms with Crippen molar-refractivity contribution in [3.05, 3.63) is 47.7 Å². The van der Waals surface area contributed by atoms with Crippen LogP contribution in [0.15, 0.2) is 42.1 Å². The molecule has 0 aromatic heterocycles. The van der Waals surface area contributed by atoms with Crippen LogP contribution in [0.3, 0.4) is 0 Å². The summed E-state index contributed by atoms with van der Waals surface area (Å²) < 4.78 is 4.74. The number of ether oxygens (including phenoxy) is 1. The summed E-state index contributed by atoms with van der Waals surface area (Å²) in [6.07, 6.45) is 4.90. The molecule has 0 radical (unpaired) electrons. The van der Waals surface area contributed by atoms with E-state index in [0.29, 0.717) is 0 Å². The minimum atomic E-state index is -0.262. The van der Waals surface area contributed by atoms with Crippen molar-refractivity contribution in [2.45, 2.75) is 32.2 Å². The third-order valence-electron chi connectivity index (χ3n) is 3.69. The second kappa shape index (κ2) is 6.41. The number of carbonyl (C=O) groups excluding carboxylic acids is 1. The molecule has 1 aromatic carbocycles. The number of methoxy groups -OCH3 is 1. The molecule has 1 aliphatic heterocycles. The zero-order chi connectivity index (χ0) is 13.7. The van der Waals surface area contributed by atoms with Crippen LogP contribution in [0.5, 0.6) is 0 Å². The third kappa shape index (κ3) is 3.37. The predicted molar refractivity (Wildman–Crippen MR) is 75.5 cm³/mol. The maximum Gasteiger partial charge on any atom is 0.332 e. The van der Waals surface area contributed by atoms with Crippen molar-refractivity contribution >= 4 is 5.97 Å². The minimum Gasteiger partial charge on any atom is -0.466 e. The number of piperidine rings is 1. The lowest BCUT2D eigenvalue weighted by Gasteiger charge is -2.37. The number of allylic oxidation sites excluding steroid dienone is 1. The fourth-order valence-electron chi connectivity index (χ4n) is 2.58. The molecule has 1 saturated heterocycles. The van der Waals surface area contributed by atoms with Crippen LogP contribution in [0, 0.1) is 0 Å². The average molecular weight is 259 g/mol. The van der Waals surface area contributed by atoms with Crippen LogP contribution in [-0.4, -0.2) is 24.5 Å². The maximum absolute atomic E-state index is 11.5. The summed E-state index contributed by atoms with van der Waals surface area (Å²) in [5.74, 6) is -0.262. The molecule has 102 valence electrons. The van der Waals surface area contributed by atoms with E-state index in [9.17, 15) is 4.79 Å². The van der Waals surface area contributed by atoms with Gasteiger partial charge in [0.15, 0.2) is 0 Å². The minimum absolute atomic E-state index is 0.262. The van der Waals surface area contributed by atoms with Gasteiger partial charge in [0.05, 0.1) is 13.2 Å². The molecule has 1 heterocycles. The van der Waals surface area contributed by atoms with Crippen LogP contribution in [0.1, 0.15) is 37.8 Å². The van der Waals surface area contributed by atoms with Gasteiger partial charge in [-0.15, -0.1) is 0 Å². The summed E-state index contributed by atoms with van der Waals surface area (Å²) in [4.78, 5) is 13.8. The van der Waals surface area contributed by atoms with E-state index in [0.717, 1.165) is 25.1 Å². The Morgan fingerprint density at radius 3 is 2.74 bits per heavy atom. The molecule has 0 amide bonds. The smallest absolute Gasteiger partial charge is 0.332 e. The van der Waals surface area contributed by atoms with Crippen LogP contribution < -0.4 is 0 Å². The van der Waals surface area contributed by atoms with Gasteiger partial charge in [0.2, 0.25) is 0 Å². The monoisotopic (exact) mass is 259 g/mol. The Bertz CT molecular complexity index is 453. The van der Waals surface area contributed by atoms with Crippen LogP contribution >= 0.6 is 0 Å². The molecule has 0 unspecified atom stereocenters. The van der Waals surface area contributed by atoms with Crippen molar-refractivity contribution in [2.24, 2.45) is 0 Å². The number of esters is 1. The fraction of sp³-hybridized carbons (Fsp3) is 0.438. The van der Waals surface area contributed by atoms with E-state index in [4.69, 9.17) is 4.74 Å². The molecule has 0 aliphatic carbocycles. The van der Waals surface area contributed by atoms with Gasteiger partial charge in [-0.05, 0) is 31.7 Å². The normalized spacial score (nSPS) is 19.3. The summed E-state index contributed by atoms with van der Waals surface area (Å²) in [7, 11) is 1.42. The maximum atomic E-state index is 11.5. The highest BCUT2D eigenvalue weighted by atomic mass is 16.5. The largest absolute Gasteiger partial charge is 0.466 e. The van der Waals surface area contributed by atoms with Crippen LogP contribution in [-0.2, 0) is 9.53 Å². The molecule has 1 atom stereocenters. The van der Waals surface area contributed by atoms with Gasteiger partial charge in [-0.1, -0.05) is 30.3 Å². The van der Waals surface area contributed by atoms with Crippen molar-refractivity contribution in [2.75, 3.05) is 13.7 Å². The summed E-state index contributed by atoms with van der Waals surface area (Å²) in [5, 5.41) is 0. The standard InChI is InChI=1S/C16H21NO2/c1-13(14-8-4-3-5-9-14)17-11-7-6-10-15(17)12-16(18)19-2/h3-5,8-9,12-13H,6-7,10-11H2,1-2H3/b15-12-/t13-/m1/s1. The quantitative estimate of drug-likeness (QED) is 0.616. The van der Waals surface area contributed by atoms with E-state index >= 15 is 0 Å². The molecular formula is C16H21NO2. The predicted octanol–water partition coefficient (Wildman–Crippen LogP) is 3.29. The number of benzene rings is 1. The molecule has 2 rings (SSSR count). The number of hydrogen-bond acceptors (Lipinski definition) is 3. The first kappa shape index (κ1) is 13.7. The number of carbonyl (C=O) groups is 1. The lowest BCUT2D eigenvalue weighted by Crippen LogP contribution is -2.31. The SMILES string of the molecule is COC(=O)/C=C1/CCCCN1[C@H](C)c1ccccc1. The van der Waals surface area contributed by atoms with Crippen LogP contribution in [0.2, 0.25) is 0 Å². The number of likely N-dealkylation sites (tertiary alicyclic amines) is 1. The van der Waals surface area contributed by atoms with E-state index < -0.39 is 0 Å². The highest BCUT2D eigenvalue weighted by molar-refractivity contribution is 5.82. The lowest BCUT2D eigenvalue weighted by atomic mass is 10.0. The first-order valence-electron chi connectivity index (χ1n) is 6.82. The van der Waals surface area contributed by atoms with Crippen molar-refractivity contribution < 1.29 is 9.53 Å². The molecule has 1 aromatic rings. The van der Waals surface area contributed by atoms with E-state index in [1.54, 1.807) is 6.08 Å². The molecule has 19 heavy (non-hydrogen) atoms. The fourth-order valence-corrected chi connectivity index (χ4v) is 2.58. The molecule has 0 N–H and O–H groups in total. The Hall–Kier alpha value is -1.77. The van der Waals surface area contributed by atoms with Gasteiger partial charge in [0, 0.05) is 18.3 Å². The lowest BCUT2D eigenvalue weighted by molar-refractivity contribution is -0.135. The second-order valence-electron chi connectivity index (χ2n) is 4.90. The Kier molecular flexibility index (Phi) is 4.61. The van der Waals surface area contributed by atoms with Gasteiger partial charge < -0.3 is 9.64 Å². The van der Waals surface area contributed by atoms with Crippen LogP contribution in [0.25, 0.3) is 0 Å². The van der Waals surface area contributed by atoms with E-state index in [1.807, 2.05) is 6.07 Å². The number of hydrogen-bond donors (Lipinski definition) is 0. The van der Waals surface area contributed by atoms with E-state index in [1.165, 1.54) is 19.1 Å². The molecule has 3 heteroatoms. The van der Waals surface area contributed by atoms with Gasteiger partial charge in [0.1, 0.15) is 0 Å². The van der Waals surface area contributed by atoms with E-state index in [-0.39, 0.29) is 12.0 Å². The van der Waals surface area contributed by atoms with Crippen LogP contribution in [0.4, 0.5) is 0 Å². The molecule has 0 spiro atoms. The zero-order valence-corrected chi connectivity index (χ0v) is 11.6. The number of rotatable bonds is 3. The Balaban J connectivity index is 2.20. The number of nitrogens with zero attached hydrogens (tertiary/aromatic N) is 1. The van der Waals surface area contributed by atoms with Crippen molar-refractivity contribution in [1.82, 2.24) is 4.90 Å². The molecule has 1 fully saturated rings. The molecule has 3 nitrogen and oxygen atoms in total. The summed E-state index contributed by atoms with van der Waals surface area (Å²) >= 11 is 0. The third-order valence-corrected chi connectivity index (χ3v) is 3.69. The molecule has 1 aliphatic rings. The van der Waals surface area contributed by atoms with Gasteiger partial charge in [-0.2, -0.15) is 0 Å². The Morgan fingerprint density at radius 1 is 1.32 bits per heavy atom. The highest BCUT2D eigenvalue weighted by Crippen LogP contribution is 2.30. The molecular weight excluding hydrogens is 238 g/mol. The average Bonchev–Trinajstić information content (AvgIpc) is 2.48. The highest BCUT2D eigenvalue weighted by Gasteiger charge is 2.22. The van der Waals surface area contributed by atoms with E-state index in [2.05, 4.69) is 36.1 Å².